The van der Waals surface area contributed by atoms with Crippen molar-refractivity contribution in [1.29, 1.82) is 0 Å². The summed E-state index contributed by atoms with van der Waals surface area (Å²) in [7, 11) is 0. The Hall–Kier alpha value is -3.37. The zero-order valence-electron chi connectivity index (χ0n) is 18.1. The van der Waals surface area contributed by atoms with Crippen LogP contribution in [0.5, 0.6) is 0 Å². The highest BCUT2D eigenvalue weighted by atomic mass is 35.5. The molecular formula is C27H24ClN3O. The van der Waals surface area contributed by atoms with E-state index in [1.165, 1.54) is 5.56 Å². The molecule has 32 heavy (non-hydrogen) atoms. The molecule has 0 radical (unpaired) electrons. The average Bonchev–Trinajstić information content (AvgIpc) is 3.11. The van der Waals surface area contributed by atoms with E-state index in [1.807, 2.05) is 42.5 Å². The van der Waals surface area contributed by atoms with Crippen molar-refractivity contribution in [1.82, 2.24) is 14.1 Å². The Kier molecular flexibility index (Phi) is 5.32. The van der Waals surface area contributed by atoms with Gasteiger partial charge in [-0.3, -0.25) is 9.36 Å². The van der Waals surface area contributed by atoms with E-state index in [9.17, 15) is 4.79 Å². The van der Waals surface area contributed by atoms with Gasteiger partial charge in [-0.1, -0.05) is 78.7 Å². The molecule has 1 unspecified atom stereocenters. The van der Waals surface area contributed by atoms with Crippen LogP contribution in [0.4, 0.5) is 0 Å². The largest absolute Gasteiger partial charge is 0.330 e. The first-order valence-electron chi connectivity index (χ1n) is 10.8. The van der Waals surface area contributed by atoms with Crippen LogP contribution in [0, 0.1) is 6.92 Å². The standard InChI is InChI=1S/C27H24ClN3O/c1-18-12-13-24-22(14-18)25-26(31(24)16-21-10-6-7-11-23(21)28)27(32)30(17-29-25)15-19(2)20-8-4-3-5-9-20/h3-14,17,19H,15-16H2,1-2H3. The Bertz CT molecular complexity index is 1480. The summed E-state index contributed by atoms with van der Waals surface area (Å²) in [6.07, 6.45) is 1.69. The second kappa shape index (κ2) is 8.29. The molecule has 160 valence electrons. The third-order valence-corrected chi connectivity index (χ3v) is 6.48. The highest BCUT2D eigenvalue weighted by Crippen LogP contribution is 2.29. The van der Waals surface area contributed by atoms with Crippen LogP contribution in [-0.4, -0.2) is 14.1 Å². The number of benzene rings is 3. The lowest BCUT2D eigenvalue weighted by molar-refractivity contribution is 0.575. The Morgan fingerprint density at radius 1 is 1.00 bits per heavy atom. The van der Waals surface area contributed by atoms with Crippen LogP contribution in [0.25, 0.3) is 21.9 Å². The first kappa shape index (κ1) is 20.5. The van der Waals surface area contributed by atoms with Gasteiger partial charge in [0.2, 0.25) is 0 Å². The van der Waals surface area contributed by atoms with Gasteiger partial charge in [0.05, 0.1) is 11.8 Å². The molecule has 1 atom stereocenters. The van der Waals surface area contributed by atoms with Gasteiger partial charge in [-0.15, -0.1) is 0 Å². The lowest BCUT2D eigenvalue weighted by atomic mass is 10.0. The van der Waals surface area contributed by atoms with Gasteiger partial charge in [-0.2, -0.15) is 0 Å². The first-order chi connectivity index (χ1) is 15.5. The molecule has 0 aliphatic rings. The molecule has 0 N–H and O–H groups in total. The van der Waals surface area contributed by atoms with Crippen molar-refractivity contribution in [3.63, 3.8) is 0 Å². The van der Waals surface area contributed by atoms with Crippen LogP contribution in [-0.2, 0) is 13.1 Å². The maximum absolute atomic E-state index is 13.7. The molecule has 0 saturated heterocycles. The van der Waals surface area contributed by atoms with Crippen molar-refractivity contribution in [2.24, 2.45) is 0 Å². The topological polar surface area (TPSA) is 39.8 Å². The van der Waals surface area contributed by atoms with Crippen molar-refractivity contribution in [2.45, 2.75) is 32.9 Å². The first-order valence-corrected chi connectivity index (χ1v) is 11.2. The SMILES string of the molecule is Cc1ccc2c(c1)c1ncn(CC(C)c3ccccc3)c(=O)c1n2Cc1ccccc1Cl. The van der Waals surface area contributed by atoms with E-state index in [0.29, 0.717) is 23.6 Å². The lowest BCUT2D eigenvalue weighted by Crippen LogP contribution is -2.24. The normalized spacial score (nSPS) is 12.5. The minimum absolute atomic E-state index is 0.0290. The molecule has 0 bridgehead atoms. The van der Waals surface area contributed by atoms with Crippen LogP contribution in [0.2, 0.25) is 5.02 Å². The van der Waals surface area contributed by atoms with Crippen LogP contribution < -0.4 is 5.56 Å². The Morgan fingerprint density at radius 2 is 1.75 bits per heavy atom. The highest BCUT2D eigenvalue weighted by Gasteiger charge is 2.18. The number of hydrogen-bond donors (Lipinski definition) is 0. The summed E-state index contributed by atoms with van der Waals surface area (Å²) in [5.41, 5.74) is 5.63. The van der Waals surface area contributed by atoms with Crippen molar-refractivity contribution in [3.8, 4) is 0 Å². The number of fused-ring (bicyclic) bond motifs is 3. The quantitative estimate of drug-likeness (QED) is 0.327. The molecule has 5 heteroatoms. The molecule has 3 aromatic carbocycles. The summed E-state index contributed by atoms with van der Waals surface area (Å²) in [5, 5.41) is 1.68. The van der Waals surface area contributed by atoms with E-state index < -0.39 is 0 Å². The monoisotopic (exact) mass is 441 g/mol. The van der Waals surface area contributed by atoms with E-state index in [-0.39, 0.29) is 11.5 Å². The fourth-order valence-electron chi connectivity index (χ4n) is 4.39. The molecule has 0 saturated carbocycles. The van der Waals surface area contributed by atoms with E-state index in [4.69, 9.17) is 16.6 Å². The number of hydrogen-bond acceptors (Lipinski definition) is 2. The van der Waals surface area contributed by atoms with Gasteiger partial charge in [0.1, 0.15) is 11.0 Å². The molecule has 0 fully saturated rings. The van der Waals surface area contributed by atoms with Gasteiger partial charge in [-0.05, 0) is 42.2 Å². The van der Waals surface area contributed by atoms with Crippen LogP contribution in [0.15, 0.2) is 83.9 Å². The van der Waals surface area contributed by atoms with Crippen molar-refractivity contribution >= 4 is 33.5 Å². The maximum atomic E-state index is 13.7. The third-order valence-electron chi connectivity index (χ3n) is 6.11. The average molecular weight is 442 g/mol. The molecule has 0 spiro atoms. The molecule has 0 aliphatic carbocycles. The number of halogens is 1. The number of aromatic nitrogens is 3. The van der Waals surface area contributed by atoms with E-state index >= 15 is 0 Å². The Labute approximate surface area is 191 Å². The molecule has 0 aliphatic heterocycles. The zero-order valence-corrected chi connectivity index (χ0v) is 18.9. The predicted octanol–water partition coefficient (Wildman–Crippen LogP) is 6.17. The van der Waals surface area contributed by atoms with Gasteiger partial charge in [-0.25, -0.2) is 4.98 Å². The highest BCUT2D eigenvalue weighted by molar-refractivity contribution is 6.31. The second-order valence-electron chi connectivity index (χ2n) is 8.41. The van der Waals surface area contributed by atoms with Gasteiger partial charge in [0, 0.05) is 23.5 Å². The Morgan fingerprint density at radius 3 is 2.53 bits per heavy atom. The van der Waals surface area contributed by atoms with Crippen molar-refractivity contribution in [3.05, 3.63) is 111 Å². The molecule has 5 aromatic rings. The van der Waals surface area contributed by atoms with E-state index in [0.717, 1.165) is 27.5 Å². The maximum Gasteiger partial charge on any atom is 0.277 e. The molecule has 2 aromatic heterocycles. The molecule has 5 rings (SSSR count). The predicted molar refractivity (Wildman–Crippen MR) is 132 cm³/mol. The van der Waals surface area contributed by atoms with E-state index in [2.05, 4.69) is 48.7 Å². The molecular weight excluding hydrogens is 418 g/mol. The number of nitrogens with zero attached hydrogens (tertiary/aromatic N) is 3. The van der Waals surface area contributed by atoms with Gasteiger partial charge < -0.3 is 4.57 Å². The summed E-state index contributed by atoms with van der Waals surface area (Å²) in [6.45, 7) is 5.27. The van der Waals surface area contributed by atoms with Crippen LogP contribution in [0.3, 0.4) is 0 Å². The number of aryl methyl sites for hydroxylation is 1. The van der Waals surface area contributed by atoms with Crippen LogP contribution in [0.1, 0.15) is 29.5 Å². The van der Waals surface area contributed by atoms with Gasteiger partial charge in [0.15, 0.2) is 0 Å². The van der Waals surface area contributed by atoms with Crippen molar-refractivity contribution < 1.29 is 0 Å². The van der Waals surface area contributed by atoms with Crippen LogP contribution >= 0.6 is 11.6 Å². The zero-order chi connectivity index (χ0) is 22.2. The lowest BCUT2D eigenvalue weighted by Gasteiger charge is -2.14. The summed E-state index contributed by atoms with van der Waals surface area (Å²) in [5.74, 6) is 0.191. The Balaban J connectivity index is 1.69. The van der Waals surface area contributed by atoms with Crippen molar-refractivity contribution in [2.75, 3.05) is 0 Å². The summed E-state index contributed by atoms with van der Waals surface area (Å²) in [6, 6.07) is 24.3. The minimum Gasteiger partial charge on any atom is -0.330 e. The van der Waals surface area contributed by atoms with E-state index in [1.54, 1.807) is 10.9 Å². The van der Waals surface area contributed by atoms with Gasteiger partial charge >= 0.3 is 0 Å². The molecule has 4 nitrogen and oxygen atoms in total. The minimum atomic E-state index is -0.0290. The summed E-state index contributed by atoms with van der Waals surface area (Å²) in [4.78, 5) is 18.5. The fourth-order valence-corrected chi connectivity index (χ4v) is 4.58. The second-order valence-corrected chi connectivity index (χ2v) is 8.82. The fraction of sp³-hybridized carbons (Fsp3) is 0.185. The molecule has 2 heterocycles. The number of rotatable bonds is 5. The third kappa shape index (κ3) is 3.61. The molecule has 0 amide bonds. The smallest absolute Gasteiger partial charge is 0.277 e. The summed E-state index contributed by atoms with van der Waals surface area (Å²) >= 11 is 6.46. The van der Waals surface area contributed by atoms with Gasteiger partial charge in [0.25, 0.3) is 5.56 Å². The summed E-state index contributed by atoms with van der Waals surface area (Å²) < 4.78 is 3.79.